The number of aromatic carboxylic acids is 1. The highest BCUT2D eigenvalue weighted by Crippen LogP contribution is 2.24. The van der Waals surface area contributed by atoms with Gasteiger partial charge in [0, 0.05) is 18.4 Å². The molecule has 0 saturated heterocycles. The van der Waals surface area contributed by atoms with Gasteiger partial charge in [-0.3, -0.25) is 4.68 Å². The molecule has 0 fully saturated rings. The van der Waals surface area contributed by atoms with Gasteiger partial charge in [-0.1, -0.05) is 0 Å². The number of hydrogen-bond acceptors (Lipinski definition) is 5. The Labute approximate surface area is 110 Å². The molecule has 0 amide bonds. The van der Waals surface area contributed by atoms with Crippen molar-refractivity contribution in [2.45, 2.75) is 19.9 Å². The van der Waals surface area contributed by atoms with E-state index in [-0.39, 0.29) is 17.3 Å². The zero-order valence-corrected chi connectivity index (χ0v) is 10.7. The highest BCUT2D eigenvalue weighted by Gasteiger charge is 2.13. The van der Waals surface area contributed by atoms with Gasteiger partial charge >= 0.3 is 5.97 Å². The fourth-order valence-electron chi connectivity index (χ4n) is 1.58. The topological polar surface area (TPSA) is 106 Å². The maximum absolute atomic E-state index is 11.0. The van der Waals surface area contributed by atoms with Crippen molar-refractivity contribution < 1.29 is 9.90 Å². The van der Waals surface area contributed by atoms with Gasteiger partial charge in [-0.25, -0.2) is 9.78 Å². The molecule has 0 spiro atoms. The average Bonchev–Trinajstić information content (AvgIpc) is 2.80. The lowest BCUT2D eigenvalue weighted by molar-refractivity contribution is 0.0698. The Morgan fingerprint density at radius 1 is 1.53 bits per heavy atom. The molecule has 4 N–H and O–H groups in total. The number of carboxylic acids is 1. The van der Waals surface area contributed by atoms with Gasteiger partial charge in [0.1, 0.15) is 0 Å². The van der Waals surface area contributed by atoms with Crippen molar-refractivity contribution in [2.75, 3.05) is 11.1 Å². The predicted molar refractivity (Wildman–Crippen MR) is 71.5 cm³/mol. The highest BCUT2D eigenvalue weighted by molar-refractivity contribution is 5.96. The van der Waals surface area contributed by atoms with Crippen LogP contribution in [0.3, 0.4) is 0 Å². The minimum absolute atomic E-state index is 0.0220. The molecule has 100 valence electrons. The second kappa shape index (κ2) is 4.97. The molecule has 0 radical (unpaired) electrons. The summed E-state index contributed by atoms with van der Waals surface area (Å²) in [5.41, 5.74) is 6.60. The molecule has 7 heteroatoms. The monoisotopic (exact) mass is 261 g/mol. The largest absolute Gasteiger partial charge is 0.478 e. The van der Waals surface area contributed by atoms with Crippen LogP contribution in [-0.2, 0) is 0 Å². The molecular formula is C12H15N5O2. The van der Waals surface area contributed by atoms with Gasteiger partial charge in [-0.15, -0.1) is 0 Å². The SMILES string of the molecule is CC(C)n1cc(Nc2nccc(C(=O)O)c2N)cn1. The molecule has 0 bridgehead atoms. The Morgan fingerprint density at radius 3 is 2.84 bits per heavy atom. The van der Waals surface area contributed by atoms with Crippen molar-refractivity contribution in [3.8, 4) is 0 Å². The van der Waals surface area contributed by atoms with E-state index < -0.39 is 5.97 Å². The van der Waals surface area contributed by atoms with Gasteiger partial charge in [0.2, 0.25) is 0 Å². The lowest BCUT2D eigenvalue weighted by atomic mass is 10.2. The Morgan fingerprint density at radius 2 is 2.26 bits per heavy atom. The number of pyridine rings is 1. The number of nitrogens with one attached hydrogen (secondary N) is 1. The van der Waals surface area contributed by atoms with Crippen molar-refractivity contribution in [3.05, 3.63) is 30.2 Å². The summed E-state index contributed by atoms with van der Waals surface area (Å²) in [5, 5.41) is 16.1. The first-order valence-electron chi connectivity index (χ1n) is 5.78. The second-order valence-electron chi connectivity index (χ2n) is 4.35. The molecule has 2 heterocycles. The normalized spacial score (nSPS) is 10.7. The summed E-state index contributed by atoms with van der Waals surface area (Å²) in [6.07, 6.45) is 4.84. The van der Waals surface area contributed by atoms with Crippen LogP contribution in [0.15, 0.2) is 24.7 Å². The number of anilines is 3. The third-order valence-corrected chi connectivity index (χ3v) is 2.61. The van der Waals surface area contributed by atoms with E-state index in [1.165, 1.54) is 12.3 Å². The number of hydrogen-bond donors (Lipinski definition) is 3. The number of nitrogens with zero attached hydrogens (tertiary/aromatic N) is 3. The Hall–Kier alpha value is -2.57. The first-order valence-corrected chi connectivity index (χ1v) is 5.78. The van der Waals surface area contributed by atoms with E-state index in [4.69, 9.17) is 10.8 Å². The van der Waals surface area contributed by atoms with Crippen molar-refractivity contribution in [1.82, 2.24) is 14.8 Å². The van der Waals surface area contributed by atoms with Crippen LogP contribution in [0.2, 0.25) is 0 Å². The van der Waals surface area contributed by atoms with Gasteiger partial charge in [-0.05, 0) is 19.9 Å². The summed E-state index contributed by atoms with van der Waals surface area (Å²) in [6.45, 7) is 4.02. The lowest BCUT2D eigenvalue weighted by Gasteiger charge is -2.08. The summed E-state index contributed by atoms with van der Waals surface area (Å²) in [7, 11) is 0. The standard InChI is InChI=1S/C12H15N5O2/c1-7(2)17-6-8(5-15-17)16-11-10(13)9(12(18)19)3-4-14-11/h3-7H,13H2,1-2H3,(H,14,16)(H,18,19). The first-order chi connectivity index (χ1) is 8.99. The van der Waals surface area contributed by atoms with Gasteiger partial charge in [0.25, 0.3) is 0 Å². The van der Waals surface area contributed by atoms with E-state index in [9.17, 15) is 4.79 Å². The molecule has 2 rings (SSSR count). The summed E-state index contributed by atoms with van der Waals surface area (Å²) in [4.78, 5) is 15.0. The lowest BCUT2D eigenvalue weighted by Crippen LogP contribution is -2.06. The minimum Gasteiger partial charge on any atom is -0.478 e. The van der Waals surface area contributed by atoms with E-state index >= 15 is 0 Å². The van der Waals surface area contributed by atoms with Gasteiger partial charge in [0.15, 0.2) is 5.82 Å². The summed E-state index contributed by atoms with van der Waals surface area (Å²) >= 11 is 0. The molecule has 7 nitrogen and oxygen atoms in total. The van der Waals surface area contributed by atoms with Gasteiger partial charge in [-0.2, -0.15) is 5.10 Å². The molecule has 0 aliphatic rings. The van der Waals surface area contributed by atoms with Crippen molar-refractivity contribution >= 4 is 23.2 Å². The third-order valence-electron chi connectivity index (χ3n) is 2.61. The summed E-state index contributed by atoms with van der Waals surface area (Å²) in [5.74, 6) is -0.774. The van der Waals surface area contributed by atoms with Crippen LogP contribution in [0.1, 0.15) is 30.2 Å². The molecule has 0 aliphatic heterocycles. The van der Waals surface area contributed by atoms with E-state index in [0.717, 1.165) is 0 Å². The number of rotatable bonds is 4. The van der Waals surface area contributed by atoms with Crippen molar-refractivity contribution in [1.29, 1.82) is 0 Å². The molecule has 19 heavy (non-hydrogen) atoms. The average molecular weight is 261 g/mol. The third kappa shape index (κ3) is 2.65. The highest BCUT2D eigenvalue weighted by atomic mass is 16.4. The zero-order valence-electron chi connectivity index (χ0n) is 10.7. The Balaban J connectivity index is 2.28. The molecule has 2 aromatic rings. The quantitative estimate of drug-likeness (QED) is 0.775. The van der Waals surface area contributed by atoms with Crippen LogP contribution in [0.5, 0.6) is 0 Å². The smallest absolute Gasteiger partial charge is 0.337 e. The summed E-state index contributed by atoms with van der Waals surface area (Å²) < 4.78 is 1.78. The van der Waals surface area contributed by atoms with E-state index in [1.54, 1.807) is 17.1 Å². The molecule has 2 aromatic heterocycles. The van der Waals surface area contributed by atoms with Crippen LogP contribution in [-0.4, -0.2) is 25.8 Å². The summed E-state index contributed by atoms with van der Waals surface area (Å²) in [6, 6.07) is 1.60. The molecule has 0 saturated carbocycles. The second-order valence-corrected chi connectivity index (χ2v) is 4.35. The fraction of sp³-hybridized carbons (Fsp3) is 0.250. The van der Waals surface area contributed by atoms with E-state index in [0.29, 0.717) is 11.5 Å². The van der Waals surface area contributed by atoms with Crippen molar-refractivity contribution in [2.24, 2.45) is 0 Å². The number of nitrogen functional groups attached to an aromatic ring is 1. The van der Waals surface area contributed by atoms with E-state index in [2.05, 4.69) is 15.4 Å². The zero-order chi connectivity index (χ0) is 14.0. The maximum atomic E-state index is 11.0. The van der Waals surface area contributed by atoms with Crippen LogP contribution >= 0.6 is 0 Å². The Kier molecular flexibility index (Phi) is 3.37. The van der Waals surface area contributed by atoms with Crippen LogP contribution < -0.4 is 11.1 Å². The van der Waals surface area contributed by atoms with Crippen LogP contribution in [0.4, 0.5) is 17.2 Å². The number of aromatic nitrogens is 3. The van der Waals surface area contributed by atoms with E-state index in [1.807, 2.05) is 13.8 Å². The van der Waals surface area contributed by atoms with Crippen LogP contribution in [0.25, 0.3) is 0 Å². The number of nitrogens with two attached hydrogens (primary N) is 1. The number of carboxylic acid groups (broad SMARTS) is 1. The minimum atomic E-state index is -1.08. The van der Waals surface area contributed by atoms with Gasteiger partial charge in [0.05, 0.1) is 23.1 Å². The molecular weight excluding hydrogens is 246 g/mol. The van der Waals surface area contributed by atoms with Gasteiger partial charge < -0.3 is 16.2 Å². The molecule has 0 atom stereocenters. The molecule has 0 aliphatic carbocycles. The maximum Gasteiger partial charge on any atom is 0.337 e. The fourth-order valence-corrected chi connectivity index (χ4v) is 1.58. The molecule has 0 unspecified atom stereocenters. The molecule has 0 aromatic carbocycles. The number of carbonyl (C=O) groups is 1. The first kappa shape index (κ1) is 12.9. The van der Waals surface area contributed by atoms with Crippen molar-refractivity contribution in [3.63, 3.8) is 0 Å². The van der Waals surface area contributed by atoms with Crippen LogP contribution in [0, 0.1) is 0 Å². The predicted octanol–water partition coefficient (Wildman–Crippen LogP) is 1.88. The Bertz CT molecular complexity index is 606.